The molecule has 1 unspecified atom stereocenters. The summed E-state index contributed by atoms with van der Waals surface area (Å²) in [6.07, 6.45) is 72.5. The molecule has 6 heteroatoms. The van der Waals surface area contributed by atoms with Crippen molar-refractivity contribution in [2.24, 2.45) is 0 Å². The lowest BCUT2D eigenvalue weighted by Gasteiger charge is -2.18. The minimum absolute atomic E-state index is 0.0771. The lowest BCUT2D eigenvalue weighted by atomic mass is 10.0. The molecule has 0 saturated heterocycles. The number of unbranched alkanes of at least 4 members (excludes halogenated alkanes) is 37. The molecule has 0 aliphatic carbocycles. The smallest absolute Gasteiger partial charge is 0.306 e. The molecule has 0 fully saturated rings. The van der Waals surface area contributed by atoms with Gasteiger partial charge in [0, 0.05) is 19.3 Å². The molecular weight excluding hydrogens is 865 g/mol. The summed E-state index contributed by atoms with van der Waals surface area (Å²) in [5.41, 5.74) is 0. The van der Waals surface area contributed by atoms with E-state index >= 15 is 0 Å². The second kappa shape index (κ2) is 58.9. The Kier molecular flexibility index (Phi) is 56.7. The van der Waals surface area contributed by atoms with E-state index in [1.807, 2.05) is 0 Å². The van der Waals surface area contributed by atoms with E-state index in [1.54, 1.807) is 0 Å². The third kappa shape index (κ3) is 56.3. The first kappa shape index (κ1) is 67.4. The second-order valence-electron chi connectivity index (χ2n) is 20.6. The fraction of sp³-hybridized carbons (Fsp3) is 0.828. The highest BCUT2D eigenvalue weighted by Crippen LogP contribution is 2.17. The molecular formula is C64H116O6. The minimum atomic E-state index is -0.781. The first-order valence-electron chi connectivity index (χ1n) is 30.6. The Morgan fingerprint density at radius 3 is 0.886 bits per heavy atom. The van der Waals surface area contributed by atoms with Crippen molar-refractivity contribution >= 4 is 17.9 Å². The van der Waals surface area contributed by atoms with Gasteiger partial charge in [0.1, 0.15) is 13.2 Å². The predicted molar refractivity (Wildman–Crippen MR) is 302 cm³/mol. The van der Waals surface area contributed by atoms with Crippen molar-refractivity contribution < 1.29 is 28.6 Å². The summed E-state index contributed by atoms with van der Waals surface area (Å²) in [6, 6.07) is 0. The molecule has 408 valence electrons. The van der Waals surface area contributed by atoms with Gasteiger partial charge in [0.2, 0.25) is 0 Å². The van der Waals surface area contributed by atoms with E-state index in [0.717, 1.165) is 96.3 Å². The lowest BCUT2D eigenvalue weighted by Crippen LogP contribution is -2.30. The highest BCUT2D eigenvalue weighted by molar-refractivity contribution is 5.71. The fourth-order valence-corrected chi connectivity index (χ4v) is 8.98. The molecule has 0 aliphatic rings. The summed E-state index contributed by atoms with van der Waals surface area (Å²) in [5.74, 6) is -0.880. The number of rotatable bonds is 56. The van der Waals surface area contributed by atoms with Crippen LogP contribution in [0.2, 0.25) is 0 Å². The van der Waals surface area contributed by atoms with Crippen LogP contribution in [-0.4, -0.2) is 37.2 Å². The van der Waals surface area contributed by atoms with Gasteiger partial charge < -0.3 is 14.2 Å². The van der Waals surface area contributed by atoms with Crippen molar-refractivity contribution in [1.29, 1.82) is 0 Å². The van der Waals surface area contributed by atoms with Crippen LogP contribution in [-0.2, 0) is 28.6 Å². The molecule has 0 bridgehead atoms. The molecule has 6 nitrogen and oxygen atoms in total. The molecule has 70 heavy (non-hydrogen) atoms. The molecule has 0 aromatic rings. The zero-order chi connectivity index (χ0) is 50.7. The van der Waals surface area contributed by atoms with Crippen LogP contribution < -0.4 is 0 Å². The molecule has 1 atom stereocenters. The lowest BCUT2D eigenvalue weighted by molar-refractivity contribution is -0.167. The van der Waals surface area contributed by atoms with E-state index in [0.29, 0.717) is 19.3 Å². The zero-order valence-electron chi connectivity index (χ0n) is 46.8. The Hall–Kier alpha value is -2.63. The number of hydrogen-bond donors (Lipinski definition) is 0. The minimum Gasteiger partial charge on any atom is -0.462 e. The number of ether oxygens (including phenoxy) is 3. The summed E-state index contributed by atoms with van der Waals surface area (Å²) < 4.78 is 16.9. The molecule has 0 rings (SSSR count). The third-order valence-electron chi connectivity index (χ3n) is 13.6. The van der Waals surface area contributed by atoms with E-state index < -0.39 is 6.10 Å². The van der Waals surface area contributed by atoms with Gasteiger partial charge >= 0.3 is 17.9 Å². The van der Waals surface area contributed by atoms with Crippen LogP contribution in [0.3, 0.4) is 0 Å². The Labute approximate surface area is 435 Å². The summed E-state index contributed by atoms with van der Waals surface area (Å²) in [6.45, 7) is 6.56. The summed E-state index contributed by atoms with van der Waals surface area (Å²) >= 11 is 0. The molecule has 0 heterocycles. The monoisotopic (exact) mass is 981 g/mol. The van der Waals surface area contributed by atoms with Crippen LogP contribution in [0.4, 0.5) is 0 Å². The normalized spacial score (nSPS) is 12.3. The number of allylic oxidation sites excluding steroid dienone is 8. The zero-order valence-corrected chi connectivity index (χ0v) is 46.8. The van der Waals surface area contributed by atoms with Crippen LogP contribution in [0, 0.1) is 0 Å². The van der Waals surface area contributed by atoms with E-state index in [2.05, 4.69) is 69.4 Å². The molecule has 0 aliphatic heterocycles. The highest BCUT2D eigenvalue weighted by atomic mass is 16.6. The molecule has 0 spiro atoms. The standard InChI is InChI=1S/C64H116O6/c1-4-7-10-13-16-19-22-25-28-30-32-34-36-39-42-45-48-51-54-57-63(66)69-60-61(59-68-62(65)56-53-50-47-44-41-38-35-27-24-21-18-15-12-9-6-3)70-64(67)58-55-52-49-46-43-40-37-33-31-29-26-23-20-17-14-11-8-5-2/h9,12,18,21,27,29,31,35,61H,4-8,10-11,13-17,19-20,22-26,28,30,32-34,36-60H2,1-3H3/b12-9-,21-18-,31-29-,35-27-. The van der Waals surface area contributed by atoms with Crippen molar-refractivity contribution in [3.8, 4) is 0 Å². The van der Waals surface area contributed by atoms with Crippen LogP contribution in [0.15, 0.2) is 48.6 Å². The second-order valence-corrected chi connectivity index (χ2v) is 20.6. The average Bonchev–Trinajstić information content (AvgIpc) is 3.36. The van der Waals surface area contributed by atoms with Crippen molar-refractivity contribution in [1.82, 2.24) is 0 Å². The fourth-order valence-electron chi connectivity index (χ4n) is 8.98. The molecule has 0 amide bonds. The first-order chi connectivity index (χ1) is 34.5. The highest BCUT2D eigenvalue weighted by Gasteiger charge is 2.19. The van der Waals surface area contributed by atoms with Crippen molar-refractivity contribution in [3.63, 3.8) is 0 Å². The maximum absolute atomic E-state index is 12.9. The van der Waals surface area contributed by atoms with Crippen LogP contribution >= 0.6 is 0 Å². The van der Waals surface area contributed by atoms with Crippen molar-refractivity contribution in [2.45, 2.75) is 329 Å². The summed E-state index contributed by atoms with van der Waals surface area (Å²) in [5, 5.41) is 0. The topological polar surface area (TPSA) is 78.9 Å². The predicted octanol–water partition coefficient (Wildman–Crippen LogP) is 20.6. The maximum Gasteiger partial charge on any atom is 0.306 e. The van der Waals surface area contributed by atoms with E-state index in [1.165, 1.54) is 186 Å². The van der Waals surface area contributed by atoms with E-state index in [4.69, 9.17) is 14.2 Å². The molecule has 0 radical (unpaired) electrons. The Morgan fingerprint density at radius 1 is 0.300 bits per heavy atom. The molecule has 0 saturated carbocycles. The molecule has 0 aromatic carbocycles. The van der Waals surface area contributed by atoms with E-state index in [9.17, 15) is 14.4 Å². The Morgan fingerprint density at radius 2 is 0.557 bits per heavy atom. The molecule has 0 N–H and O–H groups in total. The summed E-state index contributed by atoms with van der Waals surface area (Å²) in [7, 11) is 0. The molecule has 0 aromatic heterocycles. The van der Waals surface area contributed by atoms with Crippen molar-refractivity contribution in [2.75, 3.05) is 13.2 Å². The Balaban J connectivity index is 4.35. The maximum atomic E-state index is 12.9. The third-order valence-corrected chi connectivity index (χ3v) is 13.6. The van der Waals surface area contributed by atoms with Crippen LogP contribution in [0.25, 0.3) is 0 Å². The van der Waals surface area contributed by atoms with Gasteiger partial charge in [-0.05, 0) is 77.0 Å². The number of esters is 3. The average molecular weight is 982 g/mol. The van der Waals surface area contributed by atoms with E-state index in [-0.39, 0.29) is 31.1 Å². The Bertz CT molecular complexity index is 1220. The van der Waals surface area contributed by atoms with Gasteiger partial charge in [-0.15, -0.1) is 0 Å². The summed E-state index contributed by atoms with van der Waals surface area (Å²) in [4.78, 5) is 38.2. The van der Waals surface area contributed by atoms with Crippen molar-refractivity contribution in [3.05, 3.63) is 48.6 Å². The van der Waals surface area contributed by atoms with Crippen LogP contribution in [0.1, 0.15) is 323 Å². The number of carbonyl (C=O) groups excluding carboxylic acids is 3. The quantitative estimate of drug-likeness (QED) is 0.0261. The van der Waals surface area contributed by atoms with Gasteiger partial charge in [-0.1, -0.05) is 275 Å². The SMILES string of the molecule is CC/C=C\C/C=C\C/C=C\CCCCCCCC(=O)OCC(COC(=O)CCCCCCCCCCCCCCCCCCCCC)OC(=O)CCCCCCCCC/C=C\CCCCCCCCC. The largest absolute Gasteiger partial charge is 0.462 e. The van der Waals surface area contributed by atoms with Gasteiger partial charge in [0.25, 0.3) is 0 Å². The van der Waals surface area contributed by atoms with Gasteiger partial charge in [-0.2, -0.15) is 0 Å². The van der Waals surface area contributed by atoms with Gasteiger partial charge in [-0.25, -0.2) is 0 Å². The first-order valence-corrected chi connectivity index (χ1v) is 30.6. The van der Waals surface area contributed by atoms with Gasteiger partial charge in [0.05, 0.1) is 0 Å². The van der Waals surface area contributed by atoms with Gasteiger partial charge in [0.15, 0.2) is 6.10 Å². The number of carbonyl (C=O) groups is 3. The van der Waals surface area contributed by atoms with Crippen LogP contribution in [0.5, 0.6) is 0 Å². The number of hydrogen-bond acceptors (Lipinski definition) is 6. The van der Waals surface area contributed by atoms with Gasteiger partial charge in [-0.3, -0.25) is 14.4 Å².